The zero-order valence-electron chi connectivity index (χ0n) is 13.7. The van der Waals surface area contributed by atoms with Crippen LogP contribution in [-0.2, 0) is 4.79 Å². The molecule has 2 N–H and O–H groups in total. The predicted molar refractivity (Wildman–Crippen MR) is 100.0 cm³/mol. The standard InChI is InChI=1S/C18H20ClN3O2S/c19-15-5-3-13(4-6-15)17(14-7-10-25-12-14)21-18(24)20-11-16(23)22-8-1-2-9-22/h3-7,10,12,17H,1-2,8-9,11H2,(H2,20,21,24)/t17-/m1/s1. The first kappa shape index (κ1) is 17.8. The maximum absolute atomic E-state index is 12.3. The van der Waals surface area contributed by atoms with Gasteiger partial charge in [0.25, 0.3) is 0 Å². The zero-order valence-corrected chi connectivity index (χ0v) is 15.3. The number of nitrogens with zero attached hydrogens (tertiary/aromatic N) is 1. The Morgan fingerprint density at radius 3 is 2.48 bits per heavy atom. The van der Waals surface area contributed by atoms with E-state index in [1.54, 1.807) is 28.4 Å². The number of halogens is 1. The Morgan fingerprint density at radius 1 is 1.12 bits per heavy atom. The molecule has 0 spiro atoms. The highest BCUT2D eigenvalue weighted by Gasteiger charge is 2.20. The summed E-state index contributed by atoms with van der Waals surface area (Å²) in [6.45, 7) is 1.58. The number of hydrogen-bond donors (Lipinski definition) is 2. The van der Waals surface area contributed by atoms with Crippen molar-refractivity contribution in [1.29, 1.82) is 0 Å². The van der Waals surface area contributed by atoms with E-state index in [2.05, 4.69) is 10.6 Å². The predicted octanol–water partition coefficient (Wildman–Crippen LogP) is 3.41. The molecule has 2 aromatic rings. The minimum absolute atomic E-state index is 0.0167. The van der Waals surface area contributed by atoms with Gasteiger partial charge in [0.15, 0.2) is 0 Å². The molecule has 0 radical (unpaired) electrons. The summed E-state index contributed by atoms with van der Waals surface area (Å²) >= 11 is 7.52. The van der Waals surface area contributed by atoms with Crippen molar-refractivity contribution >= 4 is 34.9 Å². The van der Waals surface area contributed by atoms with Gasteiger partial charge in [-0.3, -0.25) is 4.79 Å². The number of thiophene rings is 1. The SMILES string of the molecule is O=C(NCC(=O)N1CCCC1)N[C@H](c1ccc(Cl)cc1)c1ccsc1. The molecule has 1 aromatic heterocycles. The van der Waals surface area contributed by atoms with E-state index in [0.717, 1.165) is 37.1 Å². The van der Waals surface area contributed by atoms with Crippen LogP contribution in [-0.4, -0.2) is 36.5 Å². The van der Waals surface area contributed by atoms with Crippen molar-refractivity contribution in [2.45, 2.75) is 18.9 Å². The Hall–Kier alpha value is -2.05. The van der Waals surface area contributed by atoms with Gasteiger partial charge in [0.2, 0.25) is 5.91 Å². The van der Waals surface area contributed by atoms with E-state index in [4.69, 9.17) is 11.6 Å². The van der Waals surface area contributed by atoms with Gasteiger partial charge in [-0.2, -0.15) is 11.3 Å². The molecule has 1 fully saturated rings. The molecule has 1 aliphatic rings. The van der Waals surface area contributed by atoms with Crippen molar-refractivity contribution in [3.63, 3.8) is 0 Å². The maximum atomic E-state index is 12.3. The van der Waals surface area contributed by atoms with Gasteiger partial charge in [-0.1, -0.05) is 23.7 Å². The van der Waals surface area contributed by atoms with Crippen LogP contribution in [0.5, 0.6) is 0 Å². The quantitative estimate of drug-likeness (QED) is 0.838. The third-order valence-corrected chi connectivity index (χ3v) is 5.17. The molecular weight excluding hydrogens is 358 g/mol. The number of nitrogens with one attached hydrogen (secondary N) is 2. The summed E-state index contributed by atoms with van der Waals surface area (Å²) in [5.41, 5.74) is 1.93. The fourth-order valence-corrected chi connectivity index (χ4v) is 3.68. The fraction of sp³-hybridized carbons (Fsp3) is 0.333. The second kappa shape index (κ2) is 8.36. The van der Waals surface area contributed by atoms with Crippen LogP contribution in [0.15, 0.2) is 41.1 Å². The fourth-order valence-electron chi connectivity index (χ4n) is 2.87. The van der Waals surface area contributed by atoms with Gasteiger partial charge in [0.1, 0.15) is 0 Å². The summed E-state index contributed by atoms with van der Waals surface area (Å²) in [7, 11) is 0. The van der Waals surface area contributed by atoms with Crippen LogP contribution in [0.25, 0.3) is 0 Å². The highest BCUT2D eigenvalue weighted by atomic mass is 35.5. The lowest BCUT2D eigenvalue weighted by atomic mass is 10.0. The second-order valence-electron chi connectivity index (χ2n) is 5.96. The summed E-state index contributed by atoms with van der Waals surface area (Å²) in [6, 6.07) is 8.70. The van der Waals surface area contributed by atoms with E-state index in [1.807, 2.05) is 29.0 Å². The molecule has 132 valence electrons. The van der Waals surface area contributed by atoms with Crippen molar-refractivity contribution in [3.8, 4) is 0 Å². The molecular formula is C18H20ClN3O2S. The average molecular weight is 378 g/mol. The summed E-state index contributed by atoms with van der Waals surface area (Å²) < 4.78 is 0. The first-order valence-corrected chi connectivity index (χ1v) is 9.55. The third-order valence-electron chi connectivity index (χ3n) is 4.21. The van der Waals surface area contributed by atoms with E-state index in [0.29, 0.717) is 5.02 Å². The van der Waals surface area contributed by atoms with Crippen molar-refractivity contribution in [2.24, 2.45) is 0 Å². The molecule has 0 unspecified atom stereocenters. The van der Waals surface area contributed by atoms with E-state index in [-0.39, 0.29) is 24.5 Å². The highest BCUT2D eigenvalue weighted by Crippen LogP contribution is 2.25. The van der Waals surface area contributed by atoms with Gasteiger partial charge < -0.3 is 15.5 Å². The average Bonchev–Trinajstić information content (AvgIpc) is 3.31. The lowest BCUT2D eigenvalue weighted by molar-refractivity contribution is -0.128. The smallest absolute Gasteiger partial charge is 0.315 e. The Labute approximate surface area is 156 Å². The molecule has 1 atom stereocenters. The lowest BCUT2D eigenvalue weighted by Gasteiger charge is -2.20. The van der Waals surface area contributed by atoms with Gasteiger partial charge in [-0.25, -0.2) is 4.79 Å². The molecule has 25 heavy (non-hydrogen) atoms. The molecule has 0 bridgehead atoms. The van der Waals surface area contributed by atoms with Gasteiger partial charge in [0, 0.05) is 18.1 Å². The van der Waals surface area contributed by atoms with Gasteiger partial charge in [-0.15, -0.1) is 0 Å². The molecule has 0 saturated carbocycles. The largest absolute Gasteiger partial charge is 0.341 e. The normalized spacial score (nSPS) is 15.0. The molecule has 1 saturated heterocycles. The van der Waals surface area contributed by atoms with Crippen LogP contribution in [0.4, 0.5) is 4.79 Å². The highest BCUT2D eigenvalue weighted by molar-refractivity contribution is 7.08. The summed E-state index contributed by atoms with van der Waals surface area (Å²) in [5, 5.41) is 10.2. The third kappa shape index (κ3) is 4.74. The molecule has 3 amide bonds. The number of rotatable bonds is 5. The van der Waals surface area contributed by atoms with Gasteiger partial charge in [0.05, 0.1) is 12.6 Å². The van der Waals surface area contributed by atoms with E-state index in [1.165, 1.54) is 0 Å². The van der Waals surface area contributed by atoms with Crippen molar-refractivity contribution in [1.82, 2.24) is 15.5 Å². The van der Waals surface area contributed by atoms with E-state index < -0.39 is 0 Å². The second-order valence-corrected chi connectivity index (χ2v) is 7.17. The first-order chi connectivity index (χ1) is 12.1. The van der Waals surface area contributed by atoms with Gasteiger partial charge >= 0.3 is 6.03 Å². The van der Waals surface area contributed by atoms with Crippen LogP contribution < -0.4 is 10.6 Å². The van der Waals surface area contributed by atoms with Crippen LogP contribution in [0.1, 0.15) is 30.0 Å². The molecule has 5 nitrogen and oxygen atoms in total. The Bertz CT molecular complexity index is 712. The van der Waals surface area contributed by atoms with Crippen molar-refractivity contribution in [2.75, 3.05) is 19.6 Å². The van der Waals surface area contributed by atoms with Crippen molar-refractivity contribution < 1.29 is 9.59 Å². The molecule has 2 heterocycles. The number of carbonyl (C=O) groups is 2. The number of carbonyl (C=O) groups excluding carboxylic acids is 2. The summed E-state index contributed by atoms with van der Waals surface area (Å²) in [6.07, 6.45) is 2.07. The summed E-state index contributed by atoms with van der Waals surface area (Å²) in [5.74, 6) is -0.0359. The van der Waals surface area contributed by atoms with Crippen LogP contribution in [0, 0.1) is 0 Å². The minimum atomic E-state index is -0.362. The van der Waals surface area contributed by atoms with Crippen LogP contribution in [0.2, 0.25) is 5.02 Å². The Morgan fingerprint density at radius 2 is 1.84 bits per heavy atom. The topological polar surface area (TPSA) is 61.4 Å². The monoisotopic (exact) mass is 377 g/mol. The summed E-state index contributed by atoms with van der Waals surface area (Å²) in [4.78, 5) is 26.1. The Balaban J connectivity index is 1.62. The molecule has 1 aliphatic heterocycles. The number of urea groups is 1. The van der Waals surface area contributed by atoms with Crippen LogP contribution >= 0.6 is 22.9 Å². The first-order valence-electron chi connectivity index (χ1n) is 8.23. The van der Waals surface area contributed by atoms with E-state index in [9.17, 15) is 9.59 Å². The molecule has 7 heteroatoms. The number of likely N-dealkylation sites (tertiary alicyclic amines) is 1. The molecule has 3 rings (SSSR count). The Kier molecular flexibility index (Phi) is 5.94. The molecule has 1 aromatic carbocycles. The number of benzene rings is 1. The van der Waals surface area contributed by atoms with Gasteiger partial charge in [-0.05, 0) is 52.9 Å². The molecule has 0 aliphatic carbocycles. The zero-order chi connectivity index (χ0) is 17.6. The van der Waals surface area contributed by atoms with Crippen molar-refractivity contribution in [3.05, 3.63) is 57.2 Å². The maximum Gasteiger partial charge on any atom is 0.315 e. The minimum Gasteiger partial charge on any atom is -0.341 e. The number of amides is 3. The van der Waals surface area contributed by atoms with Crippen LogP contribution in [0.3, 0.4) is 0 Å². The lowest BCUT2D eigenvalue weighted by Crippen LogP contribution is -2.44. The van der Waals surface area contributed by atoms with E-state index >= 15 is 0 Å². The number of hydrogen-bond acceptors (Lipinski definition) is 3.